The molecule has 0 saturated carbocycles. The second kappa shape index (κ2) is 5.13. The number of aliphatic hydroxyl groups is 1. The van der Waals surface area contributed by atoms with Gasteiger partial charge in [0, 0.05) is 0 Å². The highest BCUT2D eigenvalue weighted by molar-refractivity contribution is 5.82. The maximum Gasteiger partial charge on any atom is 0.0540 e. The molecule has 1 heteroatoms. The van der Waals surface area contributed by atoms with Crippen molar-refractivity contribution in [2.24, 2.45) is 0 Å². The summed E-state index contributed by atoms with van der Waals surface area (Å²) in [6, 6.07) is 14.9. The lowest BCUT2D eigenvalue weighted by molar-refractivity contribution is 0.160. The van der Waals surface area contributed by atoms with Crippen LogP contribution in [0.15, 0.2) is 42.5 Å². The molecule has 16 heavy (non-hydrogen) atoms. The van der Waals surface area contributed by atoms with E-state index in [0.717, 1.165) is 19.3 Å². The number of aryl methyl sites for hydroxylation is 1. The molecule has 2 rings (SSSR count). The van der Waals surface area contributed by atoms with E-state index >= 15 is 0 Å². The van der Waals surface area contributed by atoms with Gasteiger partial charge in [0.25, 0.3) is 0 Å². The van der Waals surface area contributed by atoms with Gasteiger partial charge in [-0.2, -0.15) is 0 Å². The number of rotatable bonds is 4. The highest BCUT2D eigenvalue weighted by atomic mass is 16.3. The van der Waals surface area contributed by atoms with Crippen LogP contribution in [0.5, 0.6) is 0 Å². The summed E-state index contributed by atoms with van der Waals surface area (Å²) >= 11 is 0. The van der Waals surface area contributed by atoms with Crippen molar-refractivity contribution < 1.29 is 5.11 Å². The van der Waals surface area contributed by atoms with Crippen LogP contribution in [0.4, 0.5) is 0 Å². The van der Waals surface area contributed by atoms with Gasteiger partial charge >= 0.3 is 0 Å². The standard InChI is InChI=1S/C15H18O/c1-2-15(16)10-8-12-7-9-13-5-3-4-6-14(13)11-12/h3-7,9,11,15-16H,2,8,10H2,1H3. The highest BCUT2D eigenvalue weighted by Crippen LogP contribution is 2.17. The summed E-state index contributed by atoms with van der Waals surface area (Å²) in [4.78, 5) is 0. The van der Waals surface area contributed by atoms with Gasteiger partial charge in [-0.25, -0.2) is 0 Å². The molecule has 0 aliphatic carbocycles. The Balaban J connectivity index is 2.13. The number of hydrogen-bond acceptors (Lipinski definition) is 1. The predicted molar refractivity (Wildman–Crippen MR) is 68.6 cm³/mol. The van der Waals surface area contributed by atoms with Gasteiger partial charge in [-0.3, -0.25) is 0 Å². The fourth-order valence-corrected chi connectivity index (χ4v) is 1.93. The summed E-state index contributed by atoms with van der Waals surface area (Å²) < 4.78 is 0. The van der Waals surface area contributed by atoms with E-state index in [4.69, 9.17) is 0 Å². The Morgan fingerprint density at radius 2 is 1.81 bits per heavy atom. The molecule has 1 N–H and O–H groups in total. The molecule has 0 amide bonds. The van der Waals surface area contributed by atoms with Gasteiger partial charge in [0.2, 0.25) is 0 Å². The van der Waals surface area contributed by atoms with Crippen LogP contribution >= 0.6 is 0 Å². The first kappa shape index (κ1) is 11.2. The van der Waals surface area contributed by atoms with E-state index < -0.39 is 0 Å². The maximum atomic E-state index is 9.53. The van der Waals surface area contributed by atoms with Crippen LogP contribution in [-0.2, 0) is 6.42 Å². The van der Waals surface area contributed by atoms with Crippen molar-refractivity contribution in [2.45, 2.75) is 32.3 Å². The number of hydrogen-bond donors (Lipinski definition) is 1. The van der Waals surface area contributed by atoms with E-state index in [1.807, 2.05) is 6.92 Å². The third-order valence-corrected chi connectivity index (χ3v) is 3.05. The summed E-state index contributed by atoms with van der Waals surface area (Å²) in [5.74, 6) is 0. The lowest BCUT2D eigenvalue weighted by Gasteiger charge is -2.08. The summed E-state index contributed by atoms with van der Waals surface area (Å²) in [5, 5.41) is 12.1. The molecule has 1 nitrogen and oxygen atoms in total. The van der Waals surface area contributed by atoms with Gasteiger partial charge in [-0.1, -0.05) is 49.4 Å². The first-order chi connectivity index (χ1) is 7.79. The SMILES string of the molecule is CCC(O)CCc1ccc2ccccc2c1. The Labute approximate surface area is 96.7 Å². The summed E-state index contributed by atoms with van der Waals surface area (Å²) in [5.41, 5.74) is 1.31. The fourth-order valence-electron chi connectivity index (χ4n) is 1.93. The van der Waals surface area contributed by atoms with Gasteiger partial charge in [-0.05, 0) is 35.6 Å². The Morgan fingerprint density at radius 3 is 2.56 bits per heavy atom. The van der Waals surface area contributed by atoms with Gasteiger partial charge in [0.05, 0.1) is 6.10 Å². The Kier molecular flexibility index (Phi) is 3.58. The van der Waals surface area contributed by atoms with Crippen LogP contribution in [-0.4, -0.2) is 11.2 Å². The Hall–Kier alpha value is -1.34. The zero-order valence-corrected chi connectivity index (χ0v) is 9.69. The third-order valence-electron chi connectivity index (χ3n) is 3.05. The van der Waals surface area contributed by atoms with Crippen LogP contribution in [0, 0.1) is 0 Å². The molecule has 0 aliphatic heterocycles. The van der Waals surface area contributed by atoms with Crippen molar-refractivity contribution in [3.05, 3.63) is 48.0 Å². The first-order valence-corrected chi connectivity index (χ1v) is 5.95. The van der Waals surface area contributed by atoms with E-state index in [-0.39, 0.29) is 6.10 Å². The van der Waals surface area contributed by atoms with Crippen LogP contribution in [0.2, 0.25) is 0 Å². The maximum absolute atomic E-state index is 9.53. The second-order valence-electron chi connectivity index (χ2n) is 4.28. The molecule has 0 spiro atoms. The molecular formula is C15H18O. The lowest BCUT2D eigenvalue weighted by atomic mass is 10.0. The lowest BCUT2D eigenvalue weighted by Crippen LogP contribution is -2.05. The van der Waals surface area contributed by atoms with Crippen molar-refractivity contribution in [2.75, 3.05) is 0 Å². The summed E-state index contributed by atoms with van der Waals surface area (Å²) in [6.45, 7) is 2.02. The van der Waals surface area contributed by atoms with Gasteiger partial charge in [0.15, 0.2) is 0 Å². The molecule has 1 unspecified atom stereocenters. The van der Waals surface area contributed by atoms with E-state index in [1.165, 1.54) is 16.3 Å². The average molecular weight is 214 g/mol. The fraction of sp³-hybridized carbons (Fsp3) is 0.333. The van der Waals surface area contributed by atoms with Gasteiger partial charge in [0.1, 0.15) is 0 Å². The van der Waals surface area contributed by atoms with E-state index in [1.54, 1.807) is 0 Å². The summed E-state index contributed by atoms with van der Waals surface area (Å²) in [7, 11) is 0. The van der Waals surface area contributed by atoms with Crippen molar-refractivity contribution in [3.8, 4) is 0 Å². The molecule has 0 fully saturated rings. The first-order valence-electron chi connectivity index (χ1n) is 5.95. The molecule has 2 aromatic rings. The minimum absolute atomic E-state index is 0.161. The summed E-state index contributed by atoms with van der Waals surface area (Å²) in [6.07, 6.45) is 2.49. The number of aliphatic hydroxyl groups excluding tert-OH is 1. The van der Waals surface area contributed by atoms with Gasteiger partial charge < -0.3 is 5.11 Å². The van der Waals surface area contributed by atoms with Crippen molar-refractivity contribution in [3.63, 3.8) is 0 Å². The molecule has 0 aromatic heterocycles. The number of fused-ring (bicyclic) bond motifs is 1. The minimum Gasteiger partial charge on any atom is -0.393 e. The van der Waals surface area contributed by atoms with Gasteiger partial charge in [-0.15, -0.1) is 0 Å². The zero-order chi connectivity index (χ0) is 11.4. The molecule has 84 valence electrons. The highest BCUT2D eigenvalue weighted by Gasteiger charge is 2.02. The van der Waals surface area contributed by atoms with E-state index in [2.05, 4.69) is 42.5 Å². The minimum atomic E-state index is -0.161. The molecule has 0 bridgehead atoms. The quantitative estimate of drug-likeness (QED) is 0.825. The molecule has 0 radical (unpaired) electrons. The topological polar surface area (TPSA) is 20.2 Å². The molecule has 0 saturated heterocycles. The van der Waals surface area contributed by atoms with Crippen molar-refractivity contribution in [1.82, 2.24) is 0 Å². The van der Waals surface area contributed by atoms with Crippen LogP contribution in [0.3, 0.4) is 0 Å². The van der Waals surface area contributed by atoms with E-state index in [9.17, 15) is 5.11 Å². The molecule has 0 aliphatic rings. The Morgan fingerprint density at radius 1 is 1.06 bits per heavy atom. The second-order valence-corrected chi connectivity index (χ2v) is 4.28. The van der Waals surface area contributed by atoms with Crippen LogP contribution in [0.25, 0.3) is 10.8 Å². The molecular weight excluding hydrogens is 196 g/mol. The van der Waals surface area contributed by atoms with E-state index in [0.29, 0.717) is 0 Å². The zero-order valence-electron chi connectivity index (χ0n) is 9.69. The predicted octanol–water partition coefficient (Wildman–Crippen LogP) is 3.54. The van der Waals surface area contributed by atoms with Crippen LogP contribution in [0.1, 0.15) is 25.3 Å². The monoisotopic (exact) mass is 214 g/mol. The third kappa shape index (κ3) is 2.61. The largest absolute Gasteiger partial charge is 0.393 e. The Bertz CT molecular complexity index is 462. The van der Waals surface area contributed by atoms with Crippen LogP contribution < -0.4 is 0 Å². The van der Waals surface area contributed by atoms with Crippen molar-refractivity contribution >= 4 is 10.8 Å². The normalized spacial score (nSPS) is 12.9. The smallest absolute Gasteiger partial charge is 0.0540 e. The molecule has 1 atom stereocenters. The molecule has 0 heterocycles. The number of benzene rings is 2. The average Bonchev–Trinajstić information content (AvgIpc) is 2.35. The van der Waals surface area contributed by atoms with Crippen molar-refractivity contribution in [1.29, 1.82) is 0 Å². The molecule has 2 aromatic carbocycles.